The highest BCUT2D eigenvalue weighted by Crippen LogP contribution is 2.29. The highest BCUT2D eigenvalue weighted by molar-refractivity contribution is 5.79. The third-order valence-corrected chi connectivity index (χ3v) is 5.89. The first-order valence-electron chi connectivity index (χ1n) is 10.1. The number of para-hydroxylation sites is 2. The summed E-state index contributed by atoms with van der Waals surface area (Å²) in [6.07, 6.45) is 1.42. The van der Waals surface area contributed by atoms with Crippen LogP contribution in [0.15, 0.2) is 52.9 Å². The Hall–Kier alpha value is -3.42. The summed E-state index contributed by atoms with van der Waals surface area (Å²) in [5, 5.41) is 11.0. The number of oxazole rings is 1. The van der Waals surface area contributed by atoms with Crippen molar-refractivity contribution in [1.82, 2.24) is 9.88 Å². The smallest absolute Gasteiger partial charge is 0.298 e. The molecule has 1 atom stereocenters. The zero-order valence-electron chi connectivity index (χ0n) is 17.0. The first kappa shape index (κ1) is 19.9. The molecule has 30 heavy (non-hydrogen) atoms. The van der Waals surface area contributed by atoms with Gasteiger partial charge < -0.3 is 14.2 Å². The molecule has 0 aliphatic carbocycles. The fraction of sp³-hybridized carbons (Fsp3) is 0.364. The Balaban J connectivity index is 1.39. The summed E-state index contributed by atoms with van der Waals surface area (Å²) in [5.41, 5.74) is 2.38. The van der Waals surface area contributed by atoms with Crippen LogP contribution in [0.4, 0.5) is 11.7 Å². The second kappa shape index (κ2) is 8.14. The van der Waals surface area contributed by atoms with Crippen LogP contribution >= 0.6 is 0 Å². The van der Waals surface area contributed by atoms with Gasteiger partial charge in [0.25, 0.3) is 11.7 Å². The first-order valence-corrected chi connectivity index (χ1v) is 10.1. The Kier molecular flexibility index (Phi) is 5.39. The Labute approximate surface area is 174 Å². The number of nitro benzene ring substituents is 1. The number of rotatable bonds is 5. The highest BCUT2D eigenvalue weighted by Gasteiger charge is 2.31. The van der Waals surface area contributed by atoms with E-state index >= 15 is 0 Å². The van der Waals surface area contributed by atoms with E-state index < -0.39 is 4.92 Å². The maximum atomic E-state index is 13.1. The van der Waals surface area contributed by atoms with Crippen LogP contribution in [-0.4, -0.2) is 40.9 Å². The molecule has 2 aromatic carbocycles. The van der Waals surface area contributed by atoms with Crippen molar-refractivity contribution in [2.24, 2.45) is 5.92 Å². The van der Waals surface area contributed by atoms with E-state index in [2.05, 4.69) is 9.88 Å². The Morgan fingerprint density at radius 3 is 2.67 bits per heavy atom. The Bertz CT molecular complexity index is 1040. The predicted octanol–water partition coefficient (Wildman–Crippen LogP) is 4.17. The summed E-state index contributed by atoms with van der Waals surface area (Å²) >= 11 is 0. The molecule has 1 fully saturated rings. The van der Waals surface area contributed by atoms with Crippen molar-refractivity contribution in [2.75, 3.05) is 25.0 Å². The Morgan fingerprint density at radius 1 is 1.23 bits per heavy atom. The second-order valence-corrected chi connectivity index (χ2v) is 7.70. The third kappa shape index (κ3) is 3.85. The van der Waals surface area contributed by atoms with E-state index in [1.54, 1.807) is 18.0 Å². The molecule has 0 radical (unpaired) electrons. The SMILES string of the molecule is C[C@H](c1cccc([N+](=O)[O-])c1)N(C)C(=O)C1CCN(c2nc3ccccc3o2)CC1. The minimum absolute atomic E-state index is 0.0341. The minimum Gasteiger partial charge on any atom is -0.423 e. The van der Waals surface area contributed by atoms with Gasteiger partial charge in [0.1, 0.15) is 5.52 Å². The van der Waals surface area contributed by atoms with E-state index in [0.29, 0.717) is 31.9 Å². The van der Waals surface area contributed by atoms with Gasteiger partial charge in [-0.25, -0.2) is 0 Å². The van der Waals surface area contributed by atoms with Gasteiger partial charge in [0.05, 0.1) is 11.0 Å². The molecule has 2 heterocycles. The average Bonchev–Trinajstić information content (AvgIpc) is 3.22. The topological polar surface area (TPSA) is 92.7 Å². The molecule has 0 saturated carbocycles. The summed E-state index contributed by atoms with van der Waals surface area (Å²) in [6, 6.07) is 14.5. The molecular formula is C22H24N4O4. The van der Waals surface area contributed by atoms with Crippen molar-refractivity contribution in [3.05, 3.63) is 64.2 Å². The summed E-state index contributed by atoms with van der Waals surface area (Å²) in [5.74, 6) is -0.0250. The van der Waals surface area contributed by atoms with Crippen molar-refractivity contribution >= 4 is 28.7 Å². The minimum atomic E-state index is -0.417. The second-order valence-electron chi connectivity index (χ2n) is 7.70. The van der Waals surface area contributed by atoms with Gasteiger partial charge in [-0.15, -0.1) is 0 Å². The largest absolute Gasteiger partial charge is 0.423 e. The van der Waals surface area contributed by atoms with Crippen LogP contribution in [0.2, 0.25) is 0 Å². The number of non-ortho nitro benzene ring substituents is 1. The average molecular weight is 408 g/mol. The number of piperidine rings is 1. The van der Waals surface area contributed by atoms with Crippen LogP contribution in [0, 0.1) is 16.0 Å². The Morgan fingerprint density at radius 2 is 1.97 bits per heavy atom. The van der Waals surface area contributed by atoms with E-state index in [1.807, 2.05) is 37.3 Å². The summed E-state index contributed by atoms with van der Waals surface area (Å²) in [4.78, 5) is 32.0. The van der Waals surface area contributed by atoms with Gasteiger partial charge in [-0.2, -0.15) is 4.98 Å². The van der Waals surface area contributed by atoms with Crippen molar-refractivity contribution in [3.63, 3.8) is 0 Å². The van der Waals surface area contributed by atoms with Gasteiger partial charge in [0, 0.05) is 38.2 Å². The monoisotopic (exact) mass is 408 g/mol. The fourth-order valence-electron chi connectivity index (χ4n) is 3.91. The molecule has 1 saturated heterocycles. The standard InChI is InChI=1S/C22H24N4O4/c1-15(17-6-5-7-18(14-17)26(28)29)24(2)21(27)16-10-12-25(13-11-16)22-23-19-8-3-4-9-20(19)30-22/h3-9,14-16H,10-13H2,1-2H3/t15-/m1/s1. The number of carbonyl (C=O) groups is 1. The number of benzene rings is 2. The number of anilines is 1. The number of fused-ring (bicyclic) bond motifs is 1. The van der Waals surface area contributed by atoms with Gasteiger partial charge >= 0.3 is 0 Å². The van der Waals surface area contributed by atoms with Crippen molar-refractivity contribution in [1.29, 1.82) is 0 Å². The molecule has 1 amide bonds. The molecule has 4 rings (SSSR count). The van der Waals surface area contributed by atoms with Gasteiger partial charge in [-0.05, 0) is 37.5 Å². The number of hydrogen-bond donors (Lipinski definition) is 0. The van der Waals surface area contributed by atoms with E-state index in [-0.39, 0.29) is 23.6 Å². The summed E-state index contributed by atoms with van der Waals surface area (Å²) in [7, 11) is 1.76. The number of nitro groups is 1. The molecule has 1 aliphatic rings. The molecule has 8 nitrogen and oxygen atoms in total. The summed E-state index contributed by atoms with van der Waals surface area (Å²) < 4.78 is 5.84. The molecular weight excluding hydrogens is 384 g/mol. The van der Waals surface area contributed by atoms with Crippen LogP contribution in [0.1, 0.15) is 31.4 Å². The maximum absolute atomic E-state index is 13.1. The van der Waals surface area contributed by atoms with Crippen LogP contribution in [0.3, 0.4) is 0 Å². The van der Waals surface area contributed by atoms with Gasteiger partial charge in [-0.1, -0.05) is 24.3 Å². The van der Waals surface area contributed by atoms with Gasteiger partial charge in [0.2, 0.25) is 5.91 Å². The third-order valence-electron chi connectivity index (χ3n) is 5.89. The lowest BCUT2D eigenvalue weighted by Gasteiger charge is -2.34. The first-order chi connectivity index (χ1) is 14.4. The number of amides is 1. The lowest BCUT2D eigenvalue weighted by Crippen LogP contribution is -2.42. The van der Waals surface area contributed by atoms with Gasteiger partial charge in [0.15, 0.2) is 5.58 Å². The molecule has 1 aromatic heterocycles. The van der Waals surface area contributed by atoms with Gasteiger partial charge in [-0.3, -0.25) is 14.9 Å². The van der Waals surface area contributed by atoms with Crippen LogP contribution in [0.5, 0.6) is 0 Å². The number of carbonyl (C=O) groups excluding carboxylic acids is 1. The maximum Gasteiger partial charge on any atom is 0.298 e. The van der Waals surface area contributed by atoms with E-state index in [9.17, 15) is 14.9 Å². The van der Waals surface area contributed by atoms with E-state index in [4.69, 9.17) is 4.42 Å². The van der Waals surface area contributed by atoms with Crippen LogP contribution in [-0.2, 0) is 4.79 Å². The van der Waals surface area contributed by atoms with E-state index in [1.165, 1.54) is 12.1 Å². The van der Waals surface area contributed by atoms with E-state index in [0.717, 1.165) is 16.7 Å². The summed E-state index contributed by atoms with van der Waals surface area (Å²) in [6.45, 7) is 3.29. The molecule has 0 spiro atoms. The van der Waals surface area contributed by atoms with Crippen molar-refractivity contribution in [3.8, 4) is 0 Å². The fourth-order valence-corrected chi connectivity index (χ4v) is 3.91. The predicted molar refractivity (Wildman–Crippen MR) is 113 cm³/mol. The molecule has 3 aromatic rings. The van der Waals surface area contributed by atoms with Crippen LogP contribution < -0.4 is 4.90 Å². The number of hydrogen-bond acceptors (Lipinski definition) is 6. The zero-order valence-corrected chi connectivity index (χ0v) is 17.0. The van der Waals surface area contributed by atoms with Crippen molar-refractivity contribution < 1.29 is 14.1 Å². The molecule has 1 aliphatic heterocycles. The lowest BCUT2D eigenvalue weighted by atomic mass is 9.94. The quantitative estimate of drug-likeness (QED) is 0.465. The normalized spacial score (nSPS) is 15.9. The molecule has 8 heteroatoms. The highest BCUT2D eigenvalue weighted by atomic mass is 16.6. The molecule has 0 bridgehead atoms. The lowest BCUT2D eigenvalue weighted by molar-refractivity contribution is -0.384. The molecule has 0 N–H and O–H groups in total. The zero-order chi connectivity index (χ0) is 21.3. The molecule has 0 unspecified atom stereocenters. The molecule has 156 valence electrons. The number of aromatic nitrogens is 1. The number of nitrogens with zero attached hydrogens (tertiary/aromatic N) is 4. The van der Waals surface area contributed by atoms with Crippen molar-refractivity contribution in [2.45, 2.75) is 25.8 Å². The van der Waals surface area contributed by atoms with Crippen LogP contribution in [0.25, 0.3) is 11.1 Å².